The van der Waals surface area contributed by atoms with E-state index in [1.807, 2.05) is 5.48 Å². The first-order chi connectivity index (χ1) is 12.2. The maximum atomic E-state index is 10.4. The number of phenolic OH excluding ortho intramolecular Hbond substituents is 4. The molecule has 0 aliphatic heterocycles. The molecule has 0 unspecified atom stereocenters. The summed E-state index contributed by atoms with van der Waals surface area (Å²) in [7, 11) is 0. The van der Waals surface area contributed by atoms with Crippen molar-refractivity contribution in [2.24, 2.45) is 5.73 Å². The molecule has 0 radical (unpaired) electrons. The second-order valence-corrected chi connectivity index (χ2v) is 5.45. The minimum atomic E-state index is -1.10. The molecular weight excluding hydrogens is 344 g/mol. The minimum Gasteiger partial charge on any atom is -0.504 e. The zero-order valence-electron chi connectivity index (χ0n) is 13.8. The predicted octanol–water partition coefficient (Wildman–Crippen LogP) is 0.671. The zero-order chi connectivity index (χ0) is 19.7. The summed E-state index contributed by atoms with van der Waals surface area (Å²) < 4.78 is 0. The van der Waals surface area contributed by atoms with Crippen LogP contribution in [0.25, 0.3) is 0 Å². The van der Waals surface area contributed by atoms with E-state index in [9.17, 15) is 4.79 Å². The molecule has 9 N–H and O–H groups in total. The van der Waals surface area contributed by atoms with Crippen LogP contribution in [-0.4, -0.2) is 49.3 Å². The van der Waals surface area contributed by atoms with Crippen LogP contribution in [0.5, 0.6) is 23.0 Å². The molecule has 0 saturated carbocycles. The number of phenols is 4. The second kappa shape index (κ2) is 10.1. The number of aliphatic carboxylic acids is 1. The van der Waals surface area contributed by atoms with Crippen molar-refractivity contribution < 1.29 is 35.5 Å². The van der Waals surface area contributed by atoms with Gasteiger partial charge in [-0.25, -0.2) is 5.48 Å². The number of carboxylic acid groups (broad SMARTS) is 1. The largest absolute Gasteiger partial charge is 0.504 e. The maximum Gasteiger partial charge on any atom is 0.320 e. The highest BCUT2D eigenvalue weighted by Crippen LogP contribution is 2.25. The normalized spacial score (nSPS) is 11.3. The molecule has 0 amide bonds. The van der Waals surface area contributed by atoms with Gasteiger partial charge in [0.25, 0.3) is 0 Å². The van der Waals surface area contributed by atoms with E-state index in [4.69, 9.17) is 36.5 Å². The summed E-state index contributed by atoms with van der Waals surface area (Å²) >= 11 is 0. The second-order valence-electron chi connectivity index (χ2n) is 5.45. The summed E-state index contributed by atoms with van der Waals surface area (Å²) in [5.74, 6) is -1.88. The number of hydrogen-bond donors (Lipinski definition) is 8. The molecule has 9 heteroatoms. The van der Waals surface area contributed by atoms with E-state index >= 15 is 0 Å². The first-order valence-electron chi connectivity index (χ1n) is 7.61. The number of hydrogen-bond acceptors (Lipinski definition) is 8. The van der Waals surface area contributed by atoms with Gasteiger partial charge in [0, 0.05) is 6.54 Å². The number of hydroxylamine groups is 1. The van der Waals surface area contributed by atoms with E-state index in [0.29, 0.717) is 18.5 Å². The van der Waals surface area contributed by atoms with Gasteiger partial charge in [-0.2, -0.15) is 0 Å². The highest BCUT2D eigenvalue weighted by molar-refractivity contribution is 5.73. The van der Waals surface area contributed by atoms with Crippen molar-refractivity contribution in [3.63, 3.8) is 0 Å². The summed E-state index contributed by atoms with van der Waals surface area (Å²) in [4.78, 5) is 10.4. The van der Waals surface area contributed by atoms with Gasteiger partial charge in [-0.1, -0.05) is 12.1 Å². The molecule has 142 valence electrons. The van der Waals surface area contributed by atoms with Crippen molar-refractivity contribution in [2.45, 2.75) is 18.9 Å². The molecular formula is C17H22N2O7. The van der Waals surface area contributed by atoms with Crippen molar-refractivity contribution >= 4 is 5.97 Å². The number of carboxylic acids is 1. The fourth-order valence-electron chi connectivity index (χ4n) is 1.96. The summed E-state index contributed by atoms with van der Waals surface area (Å²) in [6, 6.07) is 7.66. The molecule has 0 aromatic heterocycles. The Morgan fingerprint density at radius 3 is 1.88 bits per heavy atom. The average molecular weight is 366 g/mol. The van der Waals surface area contributed by atoms with Crippen LogP contribution in [0.15, 0.2) is 36.4 Å². The quantitative estimate of drug-likeness (QED) is 0.270. The van der Waals surface area contributed by atoms with Crippen molar-refractivity contribution in [3.8, 4) is 23.0 Å². The summed E-state index contributed by atoms with van der Waals surface area (Å²) in [5.41, 5.74) is 8.72. The van der Waals surface area contributed by atoms with Gasteiger partial charge in [0.05, 0.1) is 0 Å². The Hall–Kier alpha value is -3.01. The molecule has 2 aromatic carbocycles. The van der Waals surface area contributed by atoms with E-state index in [0.717, 1.165) is 5.56 Å². The van der Waals surface area contributed by atoms with Crippen molar-refractivity contribution in [3.05, 3.63) is 47.5 Å². The van der Waals surface area contributed by atoms with Crippen molar-refractivity contribution in [1.29, 1.82) is 0 Å². The topological polar surface area (TPSA) is 176 Å². The van der Waals surface area contributed by atoms with Gasteiger partial charge in [-0.3, -0.25) is 4.79 Å². The maximum absolute atomic E-state index is 10.4. The third kappa shape index (κ3) is 6.85. The lowest BCUT2D eigenvalue weighted by Gasteiger charge is -2.06. The lowest BCUT2D eigenvalue weighted by molar-refractivity contribution is -0.138. The minimum absolute atomic E-state index is 0.114. The molecule has 0 aliphatic carbocycles. The van der Waals surface area contributed by atoms with Crippen LogP contribution in [0.2, 0.25) is 0 Å². The van der Waals surface area contributed by atoms with E-state index < -0.39 is 12.0 Å². The number of benzene rings is 2. The first kappa shape index (κ1) is 21.0. The SMILES string of the molecule is N[C@@H](Cc1ccc(O)c(O)c1)C(=O)O.ONCCc1ccc(O)c(O)c1. The molecule has 0 saturated heterocycles. The molecule has 0 bridgehead atoms. The summed E-state index contributed by atoms with van der Waals surface area (Å²) in [5, 5.41) is 52.9. The Balaban J connectivity index is 0.000000263. The van der Waals surface area contributed by atoms with E-state index in [1.165, 1.54) is 30.3 Å². The highest BCUT2D eigenvalue weighted by Gasteiger charge is 2.12. The monoisotopic (exact) mass is 366 g/mol. The highest BCUT2D eigenvalue weighted by atomic mass is 16.5. The first-order valence-corrected chi connectivity index (χ1v) is 7.61. The molecule has 2 rings (SSSR count). The van der Waals surface area contributed by atoms with Crippen LogP contribution >= 0.6 is 0 Å². The Morgan fingerprint density at radius 1 is 0.923 bits per heavy atom. The lowest BCUT2D eigenvalue weighted by Crippen LogP contribution is -2.32. The smallest absolute Gasteiger partial charge is 0.320 e. The van der Waals surface area contributed by atoms with Gasteiger partial charge >= 0.3 is 5.97 Å². The fourth-order valence-corrected chi connectivity index (χ4v) is 1.96. The van der Waals surface area contributed by atoms with Gasteiger partial charge in [0.15, 0.2) is 23.0 Å². The van der Waals surface area contributed by atoms with Gasteiger partial charge in [0.2, 0.25) is 0 Å². The van der Waals surface area contributed by atoms with Gasteiger partial charge in [0.1, 0.15) is 6.04 Å². The summed E-state index contributed by atoms with van der Waals surface area (Å²) in [6.07, 6.45) is 0.716. The van der Waals surface area contributed by atoms with Crippen LogP contribution in [0.4, 0.5) is 0 Å². The molecule has 26 heavy (non-hydrogen) atoms. The molecule has 0 aliphatic rings. The van der Waals surface area contributed by atoms with Gasteiger partial charge in [-0.15, -0.1) is 0 Å². The lowest BCUT2D eigenvalue weighted by atomic mass is 10.1. The zero-order valence-corrected chi connectivity index (χ0v) is 13.8. The van der Waals surface area contributed by atoms with E-state index in [2.05, 4.69) is 0 Å². The number of nitrogens with one attached hydrogen (secondary N) is 1. The molecule has 0 fully saturated rings. The van der Waals surface area contributed by atoms with Crippen LogP contribution in [0, 0.1) is 0 Å². The Bertz CT molecular complexity index is 737. The van der Waals surface area contributed by atoms with Crippen LogP contribution in [0.1, 0.15) is 11.1 Å². The van der Waals surface area contributed by atoms with Gasteiger partial charge in [-0.05, 0) is 48.2 Å². The number of aromatic hydroxyl groups is 4. The predicted molar refractivity (Wildman–Crippen MR) is 92.4 cm³/mol. The molecule has 2 aromatic rings. The number of carbonyl (C=O) groups is 1. The summed E-state index contributed by atoms with van der Waals surface area (Å²) in [6.45, 7) is 0.421. The fraction of sp³-hybridized carbons (Fsp3) is 0.235. The van der Waals surface area contributed by atoms with Crippen molar-refractivity contribution in [1.82, 2.24) is 5.48 Å². The van der Waals surface area contributed by atoms with Gasteiger partial charge < -0.3 is 36.5 Å². The Morgan fingerprint density at radius 2 is 1.42 bits per heavy atom. The van der Waals surface area contributed by atoms with E-state index in [1.54, 1.807) is 6.07 Å². The number of nitrogens with two attached hydrogens (primary N) is 1. The standard InChI is InChI=1S/C9H11NO4.C8H11NO3/c10-6(9(13)14)3-5-1-2-7(11)8(12)4-5;10-7-2-1-6(3-4-9-12)5-8(7)11/h1-2,4,6,11-12H,3,10H2,(H,13,14);1-2,5,9-12H,3-4H2/t6-;/m0./s1. The van der Waals surface area contributed by atoms with Crippen LogP contribution < -0.4 is 11.2 Å². The third-order valence-corrected chi connectivity index (χ3v) is 3.38. The molecule has 9 nitrogen and oxygen atoms in total. The van der Waals surface area contributed by atoms with E-state index in [-0.39, 0.29) is 29.4 Å². The van der Waals surface area contributed by atoms with Crippen LogP contribution in [0.3, 0.4) is 0 Å². The molecule has 0 spiro atoms. The van der Waals surface area contributed by atoms with Crippen LogP contribution in [-0.2, 0) is 17.6 Å². The van der Waals surface area contributed by atoms with Crippen molar-refractivity contribution in [2.75, 3.05) is 6.54 Å². The Kier molecular flexibility index (Phi) is 8.16. The average Bonchev–Trinajstić information content (AvgIpc) is 2.59. The third-order valence-electron chi connectivity index (χ3n) is 3.38. The molecule has 0 heterocycles. The number of rotatable bonds is 6. The Labute approximate surface area is 149 Å². The molecule has 1 atom stereocenters.